The molecule has 0 amide bonds. The number of amidine groups is 1. The molecule has 0 atom stereocenters. The summed E-state index contributed by atoms with van der Waals surface area (Å²) in [6, 6.07) is 7.62. The second-order valence-electron chi connectivity index (χ2n) is 4.35. The lowest BCUT2D eigenvalue weighted by atomic mass is 10.1. The molecule has 0 aromatic heterocycles. The van der Waals surface area contributed by atoms with Gasteiger partial charge in [0.15, 0.2) is 0 Å². The molecule has 16 heavy (non-hydrogen) atoms. The van der Waals surface area contributed by atoms with Crippen LogP contribution in [0.5, 0.6) is 0 Å². The number of hydrogen-bond donors (Lipinski definition) is 2. The minimum Gasteiger partial charge on any atom is -0.384 e. The van der Waals surface area contributed by atoms with Crippen LogP contribution in [0, 0.1) is 11.3 Å². The van der Waals surface area contributed by atoms with Crippen molar-refractivity contribution in [3.8, 4) is 0 Å². The summed E-state index contributed by atoms with van der Waals surface area (Å²) in [5.74, 6) is 0.771. The first-order chi connectivity index (χ1) is 7.59. The van der Waals surface area contributed by atoms with Crippen molar-refractivity contribution in [2.24, 2.45) is 11.7 Å². The van der Waals surface area contributed by atoms with Gasteiger partial charge in [-0.2, -0.15) is 0 Å². The normalized spacial score (nSPS) is 10.7. The van der Waals surface area contributed by atoms with E-state index in [1.165, 1.54) is 0 Å². The van der Waals surface area contributed by atoms with Gasteiger partial charge in [0.1, 0.15) is 5.84 Å². The number of hydrogen-bond acceptors (Lipinski definition) is 2. The fourth-order valence-electron chi connectivity index (χ4n) is 1.34. The molecule has 0 saturated heterocycles. The van der Waals surface area contributed by atoms with Crippen molar-refractivity contribution in [1.82, 2.24) is 0 Å². The molecule has 3 heteroatoms. The Morgan fingerprint density at radius 2 is 2.19 bits per heavy atom. The lowest BCUT2D eigenvalue weighted by Gasteiger charge is -2.07. The van der Waals surface area contributed by atoms with Crippen molar-refractivity contribution >= 4 is 5.84 Å². The highest BCUT2D eigenvalue weighted by Crippen LogP contribution is 2.07. The minimum absolute atomic E-state index is 0.101. The highest BCUT2D eigenvalue weighted by atomic mass is 16.5. The Morgan fingerprint density at radius 1 is 1.44 bits per heavy atom. The Bertz CT molecular complexity index is 348. The summed E-state index contributed by atoms with van der Waals surface area (Å²) in [5.41, 5.74) is 7.24. The predicted molar refractivity (Wildman–Crippen MR) is 66.6 cm³/mol. The van der Waals surface area contributed by atoms with Crippen LogP contribution in [0.3, 0.4) is 0 Å². The molecule has 0 radical (unpaired) electrons. The standard InChI is InChI=1S/C13H20N2O/c1-10(2)6-7-16-9-11-4-3-5-12(8-11)13(14)15/h3-5,8,10H,6-7,9H2,1-2H3,(H3,14,15). The average Bonchev–Trinajstić information content (AvgIpc) is 2.24. The van der Waals surface area contributed by atoms with Crippen LogP contribution in [0.25, 0.3) is 0 Å². The molecule has 1 aromatic carbocycles. The van der Waals surface area contributed by atoms with Gasteiger partial charge in [-0.1, -0.05) is 32.0 Å². The van der Waals surface area contributed by atoms with Crippen LogP contribution in [0.2, 0.25) is 0 Å². The first-order valence-corrected chi connectivity index (χ1v) is 5.60. The molecule has 3 nitrogen and oxygen atoms in total. The third kappa shape index (κ3) is 4.45. The second-order valence-corrected chi connectivity index (χ2v) is 4.35. The zero-order valence-electron chi connectivity index (χ0n) is 9.99. The summed E-state index contributed by atoms with van der Waals surface area (Å²) >= 11 is 0. The van der Waals surface area contributed by atoms with Crippen LogP contribution in [-0.4, -0.2) is 12.4 Å². The first-order valence-electron chi connectivity index (χ1n) is 5.60. The molecular formula is C13H20N2O. The Labute approximate surface area is 97.1 Å². The quantitative estimate of drug-likeness (QED) is 0.439. The van der Waals surface area contributed by atoms with Gasteiger partial charge < -0.3 is 10.5 Å². The van der Waals surface area contributed by atoms with Crippen molar-refractivity contribution < 1.29 is 4.74 Å². The summed E-state index contributed by atoms with van der Waals surface area (Å²) in [6.45, 7) is 5.73. The van der Waals surface area contributed by atoms with Crippen molar-refractivity contribution in [2.45, 2.75) is 26.9 Å². The van der Waals surface area contributed by atoms with E-state index in [1.807, 2.05) is 24.3 Å². The van der Waals surface area contributed by atoms with Crippen LogP contribution in [-0.2, 0) is 11.3 Å². The molecule has 3 N–H and O–H groups in total. The van der Waals surface area contributed by atoms with E-state index in [9.17, 15) is 0 Å². The number of benzene rings is 1. The van der Waals surface area contributed by atoms with Crippen LogP contribution in [0.1, 0.15) is 31.4 Å². The van der Waals surface area contributed by atoms with E-state index in [-0.39, 0.29) is 5.84 Å². The van der Waals surface area contributed by atoms with Gasteiger partial charge in [-0.05, 0) is 24.0 Å². The molecule has 0 aliphatic carbocycles. The van der Waals surface area contributed by atoms with Gasteiger partial charge in [0.05, 0.1) is 6.61 Å². The fraction of sp³-hybridized carbons (Fsp3) is 0.462. The lowest BCUT2D eigenvalue weighted by Crippen LogP contribution is -2.11. The predicted octanol–water partition coefficient (Wildman–Crippen LogP) is 2.53. The molecule has 0 bridgehead atoms. The number of nitrogens with one attached hydrogen (secondary N) is 1. The highest BCUT2D eigenvalue weighted by Gasteiger charge is 1.99. The molecule has 0 aliphatic rings. The van der Waals surface area contributed by atoms with E-state index in [0.29, 0.717) is 12.5 Å². The molecule has 0 fully saturated rings. The number of nitrogens with two attached hydrogens (primary N) is 1. The highest BCUT2D eigenvalue weighted by molar-refractivity contribution is 5.95. The molecule has 88 valence electrons. The summed E-state index contributed by atoms with van der Waals surface area (Å²) < 4.78 is 5.55. The van der Waals surface area contributed by atoms with Gasteiger partial charge in [0.2, 0.25) is 0 Å². The summed E-state index contributed by atoms with van der Waals surface area (Å²) in [7, 11) is 0. The van der Waals surface area contributed by atoms with Gasteiger partial charge in [-0.15, -0.1) is 0 Å². The van der Waals surface area contributed by atoms with E-state index >= 15 is 0 Å². The Hall–Kier alpha value is -1.35. The number of rotatable bonds is 6. The van der Waals surface area contributed by atoms with Gasteiger partial charge in [0, 0.05) is 12.2 Å². The van der Waals surface area contributed by atoms with E-state index < -0.39 is 0 Å². The molecule has 0 heterocycles. The van der Waals surface area contributed by atoms with Gasteiger partial charge in [-0.3, -0.25) is 5.41 Å². The smallest absolute Gasteiger partial charge is 0.122 e. The molecule has 0 unspecified atom stereocenters. The SMILES string of the molecule is CC(C)CCOCc1cccc(C(=N)N)c1. The average molecular weight is 220 g/mol. The topological polar surface area (TPSA) is 59.1 Å². The van der Waals surface area contributed by atoms with E-state index in [4.69, 9.17) is 15.9 Å². The maximum atomic E-state index is 7.34. The largest absolute Gasteiger partial charge is 0.384 e. The number of nitrogen functional groups attached to an aromatic ring is 1. The van der Waals surface area contributed by atoms with Gasteiger partial charge in [0.25, 0.3) is 0 Å². The zero-order chi connectivity index (χ0) is 12.0. The summed E-state index contributed by atoms with van der Waals surface area (Å²) in [5, 5.41) is 7.34. The Balaban J connectivity index is 2.42. The van der Waals surface area contributed by atoms with Gasteiger partial charge >= 0.3 is 0 Å². The monoisotopic (exact) mass is 220 g/mol. The third-order valence-corrected chi connectivity index (χ3v) is 2.35. The van der Waals surface area contributed by atoms with Crippen molar-refractivity contribution in [3.63, 3.8) is 0 Å². The van der Waals surface area contributed by atoms with Crippen molar-refractivity contribution in [3.05, 3.63) is 35.4 Å². The Morgan fingerprint density at radius 3 is 2.81 bits per heavy atom. The maximum absolute atomic E-state index is 7.34. The van der Waals surface area contributed by atoms with Crippen LogP contribution >= 0.6 is 0 Å². The molecule has 1 aromatic rings. The minimum atomic E-state index is 0.101. The van der Waals surface area contributed by atoms with Crippen LogP contribution in [0.15, 0.2) is 24.3 Å². The fourth-order valence-corrected chi connectivity index (χ4v) is 1.34. The summed E-state index contributed by atoms with van der Waals surface area (Å²) in [4.78, 5) is 0. The number of ether oxygens (including phenoxy) is 1. The molecule has 1 rings (SSSR count). The molecule has 0 aliphatic heterocycles. The zero-order valence-corrected chi connectivity index (χ0v) is 9.99. The Kier molecular flexibility index (Phi) is 4.99. The van der Waals surface area contributed by atoms with Crippen molar-refractivity contribution in [2.75, 3.05) is 6.61 Å². The molecular weight excluding hydrogens is 200 g/mol. The first kappa shape index (κ1) is 12.7. The van der Waals surface area contributed by atoms with Gasteiger partial charge in [-0.25, -0.2) is 0 Å². The van der Waals surface area contributed by atoms with E-state index in [0.717, 1.165) is 24.2 Å². The van der Waals surface area contributed by atoms with E-state index in [1.54, 1.807) is 0 Å². The molecule has 0 saturated carbocycles. The summed E-state index contributed by atoms with van der Waals surface area (Å²) in [6.07, 6.45) is 1.08. The third-order valence-electron chi connectivity index (χ3n) is 2.35. The van der Waals surface area contributed by atoms with Crippen LogP contribution < -0.4 is 5.73 Å². The lowest BCUT2D eigenvalue weighted by molar-refractivity contribution is 0.110. The second kappa shape index (κ2) is 6.28. The molecule has 0 spiro atoms. The van der Waals surface area contributed by atoms with E-state index in [2.05, 4.69) is 13.8 Å². The van der Waals surface area contributed by atoms with Crippen molar-refractivity contribution in [1.29, 1.82) is 5.41 Å². The van der Waals surface area contributed by atoms with Crippen LogP contribution in [0.4, 0.5) is 0 Å². The maximum Gasteiger partial charge on any atom is 0.122 e.